The molecule has 0 saturated heterocycles. The van der Waals surface area contributed by atoms with Crippen LogP contribution in [0.25, 0.3) is 0 Å². The predicted octanol–water partition coefficient (Wildman–Crippen LogP) is 1.69. The first kappa shape index (κ1) is 12.9. The van der Waals surface area contributed by atoms with Gasteiger partial charge in [0, 0.05) is 20.0 Å². The lowest BCUT2D eigenvalue weighted by molar-refractivity contribution is 0.595. The fourth-order valence-electron chi connectivity index (χ4n) is 1.57. The Morgan fingerprint density at radius 2 is 2.25 bits per heavy atom. The summed E-state index contributed by atoms with van der Waals surface area (Å²) >= 11 is 0. The van der Waals surface area contributed by atoms with Crippen LogP contribution < -0.4 is 5.32 Å². The van der Waals surface area contributed by atoms with E-state index in [1.165, 1.54) is 19.3 Å². The summed E-state index contributed by atoms with van der Waals surface area (Å²) < 4.78 is 1.96. The Morgan fingerprint density at radius 3 is 2.94 bits per heavy atom. The fourth-order valence-corrected chi connectivity index (χ4v) is 1.57. The van der Waals surface area contributed by atoms with Gasteiger partial charge in [0.05, 0.1) is 0 Å². The lowest BCUT2D eigenvalue weighted by Gasteiger charge is -2.03. The molecule has 4 heteroatoms. The standard InChI is InChI=1S/C12H22N4/c1-3-4-5-6-7-9-13-10-8-12-15-14-11-16(12)2/h3,11,13H,1,4-10H2,2H3. The van der Waals surface area contributed by atoms with Gasteiger partial charge in [0.15, 0.2) is 0 Å². The van der Waals surface area contributed by atoms with E-state index in [-0.39, 0.29) is 0 Å². The number of hydrogen-bond donors (Lipinski definition) is 1. The first-order chi connectivity index (χ1) is 7.84. The Balaban J connectivity index is 1.92. The van der Waals surface area contributed by atoms with Crippen LogP contribution in [0.4, 0.5) is 0 Å². The molecule has 0 bridgehead atoms. The molecule has 0 saturated carbocycles. The van der Waals surface area contributed by atoms with Crippen LogP contribution in [0.15, 0.2) is 19.0 Å². The van der Waals surface area contributed by atoms with E-state index in [1.807, 2.05) is 17.7 Å². The molecular weight excluding hydrogens is 200 g/mol. The highest BCUT2D eigenvalue weighted by Gasteiger charge is 1.98. The average molecular weight is 222 g/mol. The molecule has 1 heterocycles. The molecule has 1 rings (SSSR count). The minimum Gasteiger partial charge on any atom is -0.321 e. The van der Waals surface area contributed by atoms with E-state index in [4.69, 9.17) is 0 Å². The van der Waals surface area contributed by atoms with E-state index in [0.717, 1.165) is 31.8 Å². The van der Waals surface area contributed by atoms with Gasteiger partial charge in [-0.25, -0.2) is 0 Å². The lowest BCUT2D eigenvalue weighted by atomic mass is 10.2. The molecular formula is C12H22N4. The number of unbranched alkanes of at least 4 members (excludes halogenated alkanes) is 3. The molecule has 0 aliphatic heterocycles. The maximum absolute atomic E-state index is 4.04. The molecule has 0 atom stereocenters. The van der Waals surface area contributed by atoms with Crippen molar-refractivity contribution in [2.24, 2.45) is 7.05 Å². The molecule has 0 aliphatic carbocycles. The molecule has 1 aromatic rings. The van der Waals surface area contributed by atoms with Crippen LogP contribution in [0.3, 0.4) is 0 Å². The van der Waals surface area contributed by atoms with E-state index in [2.05, 4.69) is 22.1 Å². The van der Waals surface area contributed by atoms with Crippen molar-refractivity contribution in [3.05, 3.63) is 24.8 Å². The Morgan fingerprint density at radius 1 is 1.38 bits per heavy atom. The second-order valence-electron chi connectivity index (χ2n) is 4.00. The van der Waals surface area contributed by atoms with Crippen molar-refractivity contribution in [1.82, 2.24) is 20.1 Å². The van der Waals surface area contributed by atoms with Gasteiger partial charge in [-0.2, -0.15) is 0 Å². The van der Waals surface area contributed by atoms with Crippen molar-refractivity contribution in [3.63, 3.8) is 0 Å². The van der Waals surface area contributed by atoms with Crippen molar-refractivity contribution in [3.8, 4) is 0 Å². The Bertz CT molecular complexity index is 293. The van der Waals surface area contributed by atoms with Gasteiger partial charge < -0.3 is 9.88 Å². The minimum absolute atomic E-state index is 0.948. The van der Waals surface area contributed by atoms with E-state index in [9.17, 15) is 0 Å². The Kier molecular flexibility index (Phi) is 6.49. The summed E-state index contributed by atoms with van der Waals surface area (Å²) in [6.07, 6.45) is 9.60. The van der Waals surface area contributed by atoms with Gasteiger partial charge in [-0.1, -0.05) is 12.5 Å². The first-order valence-corrected chi connectivity index (χ1v) is 5.99. The number of nitrogens with zero attached hydrogens (tertiary/aromatic N) is 3. The van der Waals surface area contributed by atoms with Crippen LogP contribution in [-0.2, 0) is 13.5 Å². The zero-order chi connectivity index (χ0) is 11.6. The predicted molar refractivity (Wildman–Crippen MR) is 66.2 cm³/mol. The highest BCUT2D eigenvalue weighted by Crippen LogP contribution is 1.98. The summed E-state index contributed by atoms with van der Waals surface area (Å²) in [5.41, 5.74) is 0. The molecule has 0 spiro atoms. The zero-order valence-electron chi connectivity index (χ0n) is 10.2. The van der Waals surface area contributed by atoms with Crippen LogP contribution in [0.1, 0.15) is 31.5 Å². The minimum atomic E-state index is 0.948. The number of hydrogen-bond acceptors (Lipinski definition) is 3. The molecule has 0 aliphatic rings. The first-order valence-electron chi connectivity index (χ1n) is 5.99. The molecule has 16 heavy (non-hydrogen) atoms. The van der Waals surface area contributed by atoms with Gasteiger partial charge in [-0.3, -0.25) is 0 Å². The molecule has 1 N–H and O–H groups in total. The molecule has 0 fully saturated rings. The Hall–Kier alpha value is -1.16. The van der Waals surface area contributed by atoms with E-state index in [0.29, 0.717) is 0 Å². The third-order valence-corrected chi connectivity index (χ3v) is 2.59. The third-order valence-electron chi connectivity index (χ3n) is 2.59. The molecule has 0 radical (unpaired) electrons. The van der Waals surface area contributed by atoms with Crippen LogP contribution in [0, 0.1) is 0 Å². The number of aromatic nitrogens is 3. The van der Waals surface area contributed by atoms with Crippen molar-refractivity contribution in [2.45, 2.75) is 32.1 Å². The second-order valence-corrected chi connectivity index (χ2v) is 4.00. The molecule has 0 amide bonds. The van der Waals surface area contributed by atoms with Gasteiger partial charge in [-0.05, 0) is 25.8 Å². The van der Waals surface area contributed by atoms with Gasteiger partial charge in [-0.15, -0.1) is 16.8 Å². The van der Waals surface area contributed by atoms with Crippen LogP contribution in [0.5, 0.6) is 0 Å². The molecule has 4 nitrogen and oxygen atoms in total. The second kappa shape index (κ2) is 8.05. The fraction of sp³-hybridized carbons (Fsp3) is 0.667. The third kappa shape index (κ3) is 5.07. The van der Waals surface area contributed by atoms with Crippen molar-refractivity contribution < 1.29 is 0 Å². The van der Waals surface area contributed by atoms with Crippen molar-refractivity contribution in [2.75, 3.05) is 13.1 Å². The van der Waals surface area contributed by atoms with Crippen LogP contribution in [-0.4, -0.2) is 27.9 Å². The maximum Gasteiger partial charge on any atom is 0.133 e. The van der Waals surface area contributed by atoms with Crippen molar-refractivity contribution in [1.29, 1.82) is 0 Å². The topological polar surface area (TPSA) is 42.7 Å². The molecule has 90 valence electrons. The quantitative estimate of drug-likeness (QED) is 0.511. The lowest BCUT2D eigenvalue weighted by Crippen LogP contribution is -2.19. The van der Waals surface area contributed by atoms with E-state index in [1.54, 1.807) is 6.33 Å². The van der Waals surface area contributed by atoms with Gasteiger partial charge in [0.1, 0.15) is 12.2 Å². The van der Waals surface area contributed by atoms with Gasteiger partial charge in [0.25, 0.3) is 0 Å². The van der Waals surface area contributed by atoms with Gasteiger partial charge in [0.2, 0.25) is 0 Å². The normalized spacial score (nSPS) is 10.6. The number of allylic oxidation sites excluding steroid dienone is 1. The monoisotopic (exact) mass is 222 g/mol. The summed E-state index contributed by atoms with van der Waals surface area (Å²) in [6, 6.07) is 0. The summed E-state index contributed by atoms with van der Waals surface area (Å²) in [5, 5.41) is 11.3. The summed E-state index contributed by atoms with van der Waals surface area (Å²) in [5.74, 6) is 1.04. The largest absolute Gasteiger partial charge is 0.321 e. The van der Waals surface area contributed by atoms with Crippen LogP contribution in [0.2, 0.25) is 0 Å². The number of rotatable bonds is 9. The highest BCUT2D eigenvalue weighted by atomic mass is 15.2. The zero-order valence-corrected chi connectivity index (χ0v) is 10.2. The SMILES string of the molecule is C=CCCCCCNCCc1nncn1C. The molecule has 0 unspecified atom stereocenters. The summed E-state index contributed by atoms with van der Waals surface area (Å²) in [4.78, 5) is 0. The molecule has 1 aromatic heterocycles. The van der Waals surface area contributed by atoms with Gasteiger partial charge >= 0.3 is 0 Å². The number of aryl methyl sites for hydroxylation is 1. The number of nitrogens with one attached hydrogen (secondary N) is 1. The van der Waals surface area contributed by atoms with E-state index < -0.39 is 0 Å². The highest BCUT2D eigenvalue weighted by molar-refractivity contribution is 4.84. The van der Waals surface area contributed by atoms with E-state index >= 15 is 0 Å². The average Bonchev–Trinajstić information content (AvgIpc) is 2.68. The van der Waals surface area contributed by atoms with Crippen molar-refractivity contribution >= 4 is 0 Å². The molecule has 0 aromatic carbocycles. The Labute approximate surface area is 97.8 Å². The maximum atomic E-state index is 4.04. The van der Waals surface area contributed by atoms with Crippen LogP contribution >= 0.6 is 0 Å². The smallest absolute Gasteiger partial charge is 0.133 e. The summed E-state index contributed by atoms with van der Waals surface area (Å²) in [6.45, 7) is 5.79. The summed E-state index contributed by atoms with van der Waals surface area (Å²) in [7, 11) is 1.98.